The van der Waals surface area contributed by atoms with E-state index in [0.29, 0.717) is 0 Å². The van der Waals surface area contributed by atoms with Crippen LogP contribution in [0, 0.1) is 0 Å². The van der Waals surface area contributed by atoms with Gasteiger partial charge in [0.2, 0.25) is 0 Å². The van der Waals surface area contributed by atoms with Crippen molar-refractivity contribution in [2.75, 3.05) is 0 Å². The summed E-state index contributed by atoms with van der Waals surface area (Å²) in [6, 6.07) is 0. The van der Waals surface area contributed by atoms with Crippen molar-refractivity contribution < 1.29 is 0 Å². The maximum atomic E-state index is 2.30. The Labute approximate surface area is 81.4 Å². The van der Waals surface area contributed by atoms with Crippen LogP contribution in [0.25, 0.3) is 0 Å². The van der Waals surface area contributed by atoms with Gasteiger partial charge >= 0.3 is 0 Å². The van der Waals surface area contributed by atoms with Gasteiger partial charge in [0.25, 0.3) is 0 Å². The van der Waals surface area contributed by atoms with Crippen molar-refractivity contribution in [2.24, 2.45) is 0 Å². The molecule has 0 amide bonds. The number of allylic oxidation sites excluding steroid dienone is 8. The summed E-state index contributed by atoms with van der Waals surface area (Å²) in [5.41, 5.74) is 0. The molecule has 0 atom stereocenters. The van der Waals surface area contributed by atoms with Crippen LogP contribution in [0.4, 0.5) is 0 Å². The van der Waals surface area contributed by atoms with E-state index in [1.54, 1.807) is 0 Å². The Kier molecular flexibility index (Phi) is 5.87. The van der Waals surface area contributed by atoms with E-state index in [9.17, 15) is 0 Å². The van der Waals surface area contributed by atoms with Crippen LogP contribution in [-0.2, 0) is 0 Å². The lowest BCUT2D eigenvalue weighted by Gasteiger charge is -1.89. The van der Waals surface area contributed by atoms with Gasteiger partial charge in [-0.05, 0) is 32.1 Å². The lowest BCUT2D eigenvalue weighted by atomic mass is 10.2. The first-order valence-electron chi connectivity index (χ1n) is 5.13. The van der Waals surface area contributed by atoms with Crippen LogP contribution in [0.15, 0.2) is 48.6 Å². The molecule has 0 N–H and O–H groups in total. The Bertz CT molecular complexity index is 216. The van der Waals surface area contributed by atoms with E-state index in [0.717, 1.165) is 6.42 Å². The third-order valence-electron chi connectivity index (χ3n) is 2.01. The molecule has 1 aliphatic carbocycles. The fourth-order valence-corrected chi connectivity index (χ4v) is 1.26. The lowest BCUT2D eigenvalue weighted by molar-refractivity contribution is 0.863. The molecule has 1 rings (SSSR count). The maximum Gasteiger partial charge on any atom is -0.0313 e. The van der Waals surface area contributed by atoms with Gasteiger partial charge in [0.15, 0.2) is 0 Å². The predicted octanol–water partition coefficient (Wildman–Crippen LogP) is 4.18. The molecular weight excluding hydrogens is 156 g/mol. The van der Waals surface area contributed by atoms with Crippen LogP contribution in [0.1, 0.15) is 32.1 Å². The van der Waals surface area contributed by atoms with E-state index in [1.807, 2.05) is 0 Å². The quantitative estimate of drug-likeness (QED) is 0.483. The molecule has 0 aliphatic heterocycles. The van der Waals surface area contributed by atoms with Gasteiger partial charge in [-0.25, -0.2) is 0 Å². The second kappa shape index (κ2) is 7.60. The Morgan fingerprint density at radius 3 is 1.85 bits per heavy atom. The van der Waals surface area contributed by atoms with Gasteiger partial charge in [-0.3, -0.25) is 0 Å². The smallest absolute Gasteiger partial charge is 0.0313 e. The highest BCUT2D eigenvalue weighted by atomic mass is 13.9. The standard InChI is InChI=1S/C13H18/c1-2-4-6-8-10-12-13-11-9-7-5-3-1/h1-6,11,13H,7-10,12H2/b2-1?,5-3+,6-4?,13-11-. The lowest BCUT2D eigenvalue weighted by Crippen LogP contribution is -1.69. The highest BCUT2D eigenvalue weighted by Crippen LogP contribution is 2.01. The summed E-state index contributed by atoms with van der Waals surface area (Å²) in [5, 5.41) is 0. The molecule has 0 bridgehead atoms. The molecule has 0 saturated heterocycles. The third-order valence-corrected chi connectivity index (χ3v) is 2.01. The number of hydrogen-bond acceptors (Lipinski definition) is 0. The van der Waals surface area contributed by atoms with Crippen LogP contribution >= 0.6 is 0 Å². The fraction of sp³-hybridized carbons (Fsp3) is 0.385. The molecule has 0 aromatic rings. The molecule has 0 heteroatoms. The highest BCUT2D eigenvalue weighted by Gasteiger charge is 1.81. The predicted molar refractivity (Wildman–Crippen MR) is 59.6 cm³/mol. The summed E-state index contributed by atoms with van der Waals surface area (Å²) >= 11 is 0. The number of rotatable bonds is 0. The third kappa shape index (κ3) is 6.15. The minimum Gasteiger partial charge on any atom is -0.0885 e. The Balaban J connectivity index is 2.38. The summed E-state index contributed by atoms with van der Waals surface area (Å²) in [6.45, 7) is 0. The van der Waals surface area contributed by atoms with Crippen molar-refractivity contribution in [1.29, 1.82) is 0 Å². The average molecular weight is 174 g/mol. The van der Waals surface area contributed by atoms with Crippen LogP contribution < -0.4 is 0 Å². The van der Waals surface area contributed by atoms with Gasteiger partial charge in [0.1, 0.15) is 0 Å². The van der Waals surface area contributed by atoms with Gasteiger partial charge in [0.05, 0.1) is 0 Å². The first-order valence-corrected chi connectivity index (χ1v) is 5.13. The first kappa shape index (κ1) is 10.0. The van der Waals surface area contributed by atoms with Gasteiger partial charge in [0, 0.05) is 0 Å². The molecule has 0 unspecified atom stereocenters. The van der Waals surface area contributed by atoms with Gasteiger partial charge in [-0.2, -0.15) is 0 Å². The van der Waals surface area contributed by atoms with E-state index in [4.69, 9.17) is 0 Å². The summed E-state index contributed by atoms with van der Waals surface area (Å²) in [5.74, 6) is 0. The summed E-state index contributed by atoms with van der Waals surface area (Å²) in [7, 11) is 0. The normalized spacial score (nSPS) is 24.0. The molecule has 0 radical (unpaired) electrons. The Hall–Kier alpha value is -1.04. The zero-order valence-electron chi connectivity index (χ0n) is 8.15. The van der Waals surface area contributed by atoms with E-state index in [-0.39, 0.29) is 0 Å². The van der Waals surface area contributed by atoms with Crippen molar-refractivity contribution in [1.82, 2.24) is 0 Å². The molecule has 0 aromatic carbocycles. The van der Waals surface area contributed by atoms with Crippen LogP contribution in [0.2, 0.25) is 0 Å². The van der Waals surface area contributed by atoms with E-state index in [1.165, 1.54) is 25.7 Å². The molecule has 70 valence electrons. The number of hydrogen-bond donors (Lipinski definition) is 0. The van der Waals surface area contributed by atoms with Gasteiger partial charge in [-0.1, -0.05) is 48.6 Å². The molecule has 0 fully saturated rings. The zero-order chi connectivity index (χ0) is 9.19. The molecule has 0 heterocycles. The van der Waals surface area contributed by atoms with Crippen molar-refractivity contribution >= 4 is 0 Å². The molecule has 0 nitrogen and oxygen atoms in total. The minimum atomic E-state index is 1.16. The molecule has 1 aliphatic rings. The molecular formula is C13H18. The summed E-state index contributed by atoms with van der Waals surface area (Å²) in [4.78, 5) is 0. The van der Waals surface area contributed by atoms with Crippen LogP contribution in [0.5, 0.6) is 0 Å². The Morgan fingerprint density at radius 2 is 1.00 bits per heavy atom. The Morgan fingerprint density at radius 1 is 0.462 bits per heavy atom. The van der Waals surface area contributed by atoms with Crippen molar-refractivity contribution in [3.05, 3.63) is 48.6 Å². The fourth-order valence-electron chi connectivity index (χ4n) is 1.26. The van der Waals surface area contributed by atoms with Gasteiger partial charge in [-0.15, -0.1) is 0 Å². The van der Waals surface area contributed by atoms with Crippen molar-refractivity contribution in [3.8, 4) is 0 Å². The van der Waals surface area contributed by atoms with Crippen molar-refractivity contribution in [2.45, 2.75) is 32.1 Å². The van der Waals surface area contributed by atoms with Crippen LogP contribution in [0.3, 0.4) is 0 Å². The van der Waals surface area contributed by atoms with Gasteiger partial charge < -0.3 is 0 Å². The molecule has 13 heavy (non-hydrogen) atoms. The van der Waals surface area contributed by atoms with E-state index < -0.39 is 0 Å². The maximum absolute atomic E-state index is 2.30. The van der Waals surface area contributed by atoms with Crippen molar-refractivity contribution in [3.63, 3.8) is 0 Å². The largest absolute Gasteiger partial charge is 0.0885 e. The monoisotopic (exact) mass is 174 g/mol. The molecule has 0 spiro atoms. The van der Waals surface area contributed by atoms with Crippen LogP contribution in [-0.4, -0.2) is 0 Å². The highest BCUT2D eigenvalue weighted by molar-refractivity contribution is 5.11. The second-order valence-corrected chi connectivity index (χ2v) is 3.22. The molecule has 0 aromatic heterocycles. The average Bonchev–Trinajstić information content (AvgIpc) is 2.18. The molecule has 0 saturated carbocycles. The first-order chi connectivity index (χ1) is 6.50. The second-order valence-electron chi connectivity index (χ2n) is 3.22. The summed E-state index contributed by atoms with van der Waals surface area (Å²) in [6.07, 6.45) is 23.5. The minimum absolute atomic E-state index is 1.16. The van der Waals surface area contributed by atoms with E-state index >= 15 is 0 Å². The topological polar surface area (TPSA) is 0 Å². The SMILES string of the molecule is C1=C/C=C/CC/C=C\CCCC=C1. The zero-order valence-corrected chi connectivity index (χ0v) is 8.15. The summed E-state index contributed by atoms with van der Waals surface area (Å²) < 4.78 is 0. The van der Waals surface area contributed by atoms with E-state index in [2.05, 4.69) is 48.6 Å².